The lowest BCUT2D eigenvalue weighted by Gasteiger charge is -1.97. The first-order valence-electron chi connectivity index (χ1n) is 3.43. The number of phenolic OH excluding ortho intramolecular Hbond substituents is 1. The van der Waals surface area contributed by atoms with E-state index in [0.717, 1.165) is 6.07 Å². The van der Waals surface area contributed by atoms with E-state index >= 15 is 0 Å². The highest BCUT2D eigenvalue weighted by Gasteiger charge is 2.06. The second kappa shape index (κ2) is 4.15. The summed E-state index contributed by atoms with van der Waals surface area (Å²) in [5, 5.41) is 9.11. The molecule has 0 bridgehead atoms. The van der Waals surface area contributed by atoms with Gasteiger partial charge in [0.25, 0.3) is 0 Å². The maximum atomic E-state index is 12.6. The largest absolute Gasteiger partial charge is 0.507 e. The average molecular weight is 200 g/mol. The number of benzene rings is 1. The van der Waals surface area contributed by atoms with Crippen molar-refractivity contribution in [1.82, 2.24) is 0 Å². The van der Waals surface area contributed by atoms with Crippen LogP contribution in [0.2, 0.25) is 0 Å². The highest BCUT2D eigenvalue weighted by Crippen LogP contribution is 2.19. The quantitative estimate of drug-likeness (QED) is 0.484. The number of rotatable bonds is 0. The van der Waals surface area contributed by atoms with Crippen molar-refractivity contribution in [2.24, 2.45) is 0 Å². The third-order valence-corrected chi connectivity index (χ3v) is 1.50. The highest BCUT2D eigenvalue weighted by molar-refractivity contribution is 7.80. The summed E-state index contributed by atoms with van der Waals surface area (Å²) in [6, 6.07) is 1.54. The van der Waals surface area contributed by atoms with Crippen LogP contribution in [0.1, 0.15) is 5.56 Å². The summed E-state index contributed by atoms with van der Waals surface area (Å²) in [6.07, 6.45) is 0. The van der Waals surface area contributed by atoms with Gasteiger partial charge in [-0.15, -0.1) is 0 Å². The Hall–Kier alpha value is -1.21. The van der Waals surface area contributed by atoms with Gasteiger partial charge in [-0.1, -0.05) is 11.8 Å². The minimum Gasteiger partial charge on any atom is -0.507 e. The Kier molecular flexibility index (Phi) is 3.15. The summed E-state index contributed by atoms with van der Waals surface area (Å²) in [6.45, 7) is 0. The molecule has 0 radical (unpaired) electrons. The first-order valence-corrected chi connectivity index (χ1v) is 4.06. The molecule has 4 heteroatoms. The Balaban J connectivity index is 3.16. The summed E-state index contributed by atoms with van der Waals surface area (Å²) in [5.41, 5.74) is 0.0629. The van der Waals surface area contributed by atoms with Crippen molar-refractivity contribution >= 4 is 12.6 Å². The summed E-state index contributed by atoms with van der Waals surface area (Å²) in [7, 11) is 0. The van der Waals surface area contributed by atoms with Crippen molar-refractivity contribution in [3.8, 4) is 17.6 Å². The lowest BCUT2D eigenvalue weighted by Crippen LogP contribution is -1.86. The predicted octanol–water partition coefficient (Wildman–Crippen LogP) is 1.95. The second-order valence-corrected chi connectivity index (χ2v) is 2.56. The number of hydrogen-bond donors (Lipinski definition) is 2. The molecular formula is C9H6F2OS. The summed E-state index contributed by atoms with van der Waals surface area (Å²) in [5.74, 6) is 2.77. The zero-order valence-corrected chi connectivity index (χ0v) is 7.41. The Morgan fingerprint density at radius 2 is 1.92 bits per heavy atom. The van der Waals surface area contributed by atoms with Gasteiger partial charge in [0.2, 0.25) is 0 Å². The van der Waals surface area contributed by atoms with Crippen molar-refractivity contribution in [2.45, 2.75) is 0 Å². The molecule has 0 unspecified atom stereocenters. The molecular weight excluding hydrogens is 194 g/mol. The molecule has 0 atom stereocenters. The van der Waals surface area contributed by atoms with Gasteiger partial charge >= 0.3 is 0 Å². The molecule has 0 aliphatic carbocycles. The first kappa shape index (κ1) is 9.87. The van der Waals surface area contributed by atoms with E-state index < -0.39 is 11.6 Å². The molecule has 0 saturated carbocycles. The molecule has 1 nitrogen and oxygen atoms in total. The molecule has 68 valence electrons. The number of thiol groups is 1. The van der Waals surface area contributed by atoms with Crippen LogP contribution in [0, 0.1) is 23.5 Å². The fourth-order valence-electron chi connectivity index (χ4n) is 0.771. The number of halogens is 2. The molecule has 0 saturated heterocycles. The first-order chi connectivity index (χ1) is 6.15. The molecule has 1 rings (SSSR count). The molecule has 0 aliphatic rings. The number of hydrogen-bond acceptors (Lipinski definition) is 2. The predicted molar refractivity (Wildman–Crippen MR) is 48.8 cm³/mol. The van der Waals surface area contributed by atoms with Crippen LogP contribution in [-0.4, -0.2) is 10.9 Å². The highest BCUT2D eigenvalue weighted by atomic mass is 32.1. The van der Waals surface area contributed by atoms with Gasteiger partial charge in [0, 0.05) is 6.07 Å². The molecule has 0 heterocycles. The molecule has 0 aromatic heterocycles. The van der Waals surface area contributed by atoms with Crippen molar-refractivity contribution in [2.75, 3.05) is 5.75 Å². The van der Waals surface area contributed by atoms with Gasteiger partial charge in [-0.05, 0) is 6.07 Å². The molecule has 0 fully saturated rings. The zero-order valence-electron chi connectivity index (χ0n) is 6.51. The smallest absolute Gasteiger partial charge is 0.162 e. The standard InChI is InChI=1S/C9H6F2OS/c10-7-4-6(2-1-3-13)9(12)5-8(7)11/h4-5,12-13H,3H2. The van der Waals surface area contributed by atoms with E-state index in [-0.39, 0.29) is 11.3 Å². The third kappa shape index (κ3) is 2.36. The summed E-state index contributed by atoms with van der Waals surface area (Å²) in [4.78, 5) is 0. The van der Waals surface area contributed by atoms with Crippen LogP contribution in [0.25, 0.3) is 0 Å². The Bertz CT molecular complexity index is 379. The van der Waals surface area contributed by atoms with Gasteiger partial charge in [-0.3, -0.25) is 0 Å². The van der Waals surface area contributed by atoms with Crippen LogP contribution in [0.15, 0.2) is 12.1 Å². The van der Waals surface area contributed by atoms with Gasteiger partial charge in [0.05, 0.1) is 11.3 Å². The summed E-state index contributed by atoms with van der Waals surface area (Å²) < 4.78 is 25.1. The van der Waals surface area contributed by atoms with E-state index in [1.165, 1.54) is 0 Å². The van der Waals surface area contributed by atoms with E-state index in [1.807, 2.05) is 0 Å². The molecule has 0 spiro atoms. The molecule has 13 heavy (non-hydrogen) atoms. The lowest BCUT2D eigenvalue weighted by molar-refractivity contribution is 0.453. The van der Waals surface area contributed by atoms with Crippen LogP contribution < -0.4 is 0 Å². The SMILES string of the molecule is Oc1cc(F)c(F)cc1C#CCS. The molecule has 1 aromatic carbocycles. The van der Waals surface area contributed by atoms with Crippen LogP contribution >= 0.6 is 12.6 Å². The average Bonchev–Trinajstić information content (AvgIpc) is 2.09. The Labute approximate surface area is 79.8 Å². The molecule has 1 N–H and O–H groups in total. The number of aromatic hydroxyl groups is 1. The topological polar surface area (TPSA) is 20.2 Å². The fourth-order valence-corrected chi connectivity index (χ4v) is 0.850. The van der Waals surface area contributed by atoms with E-state index in [0.29, 0.717) is 11.8 Å². The Morgan fingerprint density at radius 3 is 2.54 bits per heavy atom. The summed E-state index contributed by atoms with van der Waals surface area (Å²) >= 11 is 3.81. The minimum absolute atomic E-state index is 0.0629. The van der Waals surface area contributed by atoms with E-state index in [1.54, 1.807) is 0 Å². The van der Waals surface area contributed by atoms with Crippen molar-refractivity contribution in [1.29, 1.82) is 0 Å². The zero-order chi connectivity index (χ0) is 9.84. The van der Waals surface area contributed by atoms with Gasteiger partial charge in [-0.2, -0.15) is 12.6 Å². The number of phenols is 1. The van der Waals surface area contributed by atoms with Gasteiger partial charge < -0.3 is 5.11 Å². The normalized spacial score (nSPS) is 9.15. The molecule has 0 amide bonds. The molecule has 1 aromatic rings. The minimum atomic E-state index is -1.09. The van der Waals surface area contributed by atoms with Gasteiger partial charge in [-0.25, -0.2) is 8.78 Å². The van der Waals surface area contributed by atoms with E-state index in [4.69, 9.17) is 5.11 Å². The maximum absolute atomic E-state index is 12.6. The van der Waals surface area contributed by atoms with Crippen molar-refractivity contribution in [3.63, 3.8) is 0 Å². The van der Waals surface area contributed by atoms with Crippen molar-refractivity contribution < 1.29 is 13.9 Å². The van der Waals surface area contributed by atoms with Crippen LogP contribution in [0.5, 0.6) is 5.75 Å². The van der Waals surface area contributed by atoms with Crippen molar-refractivity contribution in [3.05, 3.63) is 29.3 Å². The van der Waals surface area contributed by atoms with Gasteiger partial charge in [0.15, 0.2) is 11.6 Å². The van der Waals surface area contributed by atoms with Crippen LogP contribution in [0.3, 0.4) is 0 Å². The monoisotopic (exact) mass is 200 g/mol. The second-order valence-electron chi connectivity index (χ2n) is 2.24. The maximum Gasteiger partial charge on any atom is 0.162 e. The van der Waals surface area contributed by atoms with E-state index in [2.05, 4.69) is 24.5 Å². The van der Waals surface area contributed by atoms with E-state index in [9.17, 15) is 8.78 Å². The van der Waals surface area contributed by atoms with Crippen LogP contribution in [-0.2, 0) is 0 Å². The Morgan fingerprint density at radius 1 is 1.31 bits per heavy atom. The third-order valence-electron chi connectivity index (χ3n) is 1.34. The van der Waals surface area contributed by atoms with Crippen LogP contribution in [0.4, 0.5) is 8.78 Å². The fraction of sp³-hybridized carbons (Fsp3) is 0.111. The van der Waals surface area contributed by atoms with Gasteiger partial charge in [0.1, 0.15) is 5.75 Å². The molecule has 0 aliphatic heterocycles. The lowest BCUT2D eigenvalue weighted by atomic mass is 10.2.